The van der Waals surface area contributed by atoms with Gasteiger partial charge in [0, 0.05) is 44.8 Å². The Hall–Kier alpha value is -2.63. The van der Waals surface area contributed by atoms with E-state index in [1.54, 1.807) is 6.20 Å². The molecule has 0 spiro atoms. The fourth-order valence-corrected chi connectivity index (χ4v) is 3.63. The number of hydrogen-bond donors (Lipinski definition) is 1. The van der Waals surface area contributed by atoms with Crippen molar-refractivity contribution >= 4 is 11.8 Å². The van der Waals surface area contributed by atoms with Crippen molar-refractivity contribution in [3.05, 3.63) is 53.5 Å². The number of benzene rings is 1. The van der Waals surface area contributed by atoms with Gasteiger partial charge in [-0.1, -0.05) is 24.3 Å². The molecule has 1 aliphatic carbocycles. The number of urea groups is 1. The van der Waals surface area contributed by atoms with Crippen LogP contribution in [0.3, 0.4) is 0 Å². The van der Waals surface area contributed by atoms with Crippen LogP contribution >= 0.6 is 0 Å². The fourth-order valence-electron chi connectivity index (χ4n) is 3.63. The van der Waals surface area contributed by atoms with E-state index in [0.717, 1.165) is 50.8 Å². The van der Waals surface area contributed by atoms with Gasteiger partial charge < -0.3 is 15.1 Å². The molecule has 130 valence electrons. The highest BCUT2D eigenvalue weighted by Gasteiger charge is 2.27. The summed E-state index contributed by atoms with van der Waals surface area (Å²) in [6.45, 7) is 5.66. The molecule has 2 aliphatic rings. The third-order valence-corrected chi connectivity index (χ3v) is 5.11. The van der Waals surface area contributed by atoms with Crippen molar-refractivity contribution in [1.82, 2.24) is 20.2 Å². The first-order valence-electron chi connectivity index (χ1n) is 8.86. The van der Waals surface area contributed by atoms with Crippen LogP contribution in [0.2, 0.25) is 0 Å². The van der Waals surface area contributed by atoms with E-state index < -0.39 is 0 Å². The molecule has 6 nitrogen and oxygen atoms in total. The standard InChI is InChI=1S/C19H23N5O/c1-14-20-7-6-18(22-14)23-8-10-24(11-9-23)19(25)21-13-16-12-15-4-2-3-5-17(15)16/h2-7,16H,8-13H2,1H3,(H,21,25). The molecular weight excluding hydrogens is 314 g/mol. The van der Waals surface area contributed by atoms with Crippen molar-refractivity contribution < 1.29 is 4.79 Å². The monoisotopic (exact) mass is 337 g/mol. The minimum Gasteiger partial charge on any atom is -0.353 e. The Balaban J connectivity index is 1.26. The number of carbonyl (C=O) groups is 1. The van der Waals surface area contributed by atoms with Crippen LogP contribution in [0, 0.1) is 6.92 Å². The normalized spacial score (nSPS) is 19.2. The van der Waals surface area contributed by atoms with Crippen LogP contribution in [-0.4, -0.2) is 53.6 Å². The van der Waals surface area contributed by atoms with Gasteiger partial charge in [0.25, 0.3) is 0 Å². The lowest BCUT2D eigenvalue weighted by Crippen LogP contribution is -2.52. The van der Waals surface area contributed by atoms with Crippen LogP contribution in [0.15, 0.2) is 36.5 Å². The number of carbonyl (C=O) groups excluding carboxylic acids is 1. The SMILES string of the molecule is Cc1nccc(N2CCN(C(=O)NCC3Cc4ccccc43)CC2)n1. The molecule has 1 aromatic carbocycles. The Morgan fingerprint density at radius 2 is 2.00 bits per heavy atom. The largest absolute Gasteiger partial charge is 0.353 e. The number of aryl methyl sites for hydroxylation is 1. The van der Waals surface area contributed by atoms with Gasteiger partial charge in [-0.25, -0.2) is 14.8 Å². The van der Waals surface area contributed by atoms with Gasteiger partial charge in [-0.2, -0.15) is 0 Å². The number of anilines is 1. The van der Waals surface area contributed by atoms with Crippen LogP contribution in [0.1, 0.15) is 22.9 Å². The Morgan fingerprint density at radius 3 is 2.76 bits per heavy atom. The molecule has 1 aromatic heterocycles. The number of hydrogen-bond acceptors (Lipinski definition) is 4. The average molecular weight is 337 g/mol. The highest BCUT2D eigenvalue weighted by molar-refractivity contribution is 5.74. The average Bonchev–Trinajstić information content (AvgIpc) is 2.62. The lowest BCUT2D eigenvalue weighted by atomic mass is 9.78. The van der Waals surface area contributed by atoms with Crippen LogP contribution in [0.25, 0.3) is 0 Å². The summed E-state index contributed by atoms with van der Waals surface area (Å²) in [6, 6.07) is 10.5. The Kier molecular flexibility index (Phi) is 4.26. The van der Waals surface area contributed by atoms with Crippen molar-refractivity contribution in [3.63, 3.8) is 0 Å². The summed E-state index contributed by atoms with van der Waals surface area (Å²) in [5.74, 6) is 2.18. The van der Waals surface area contributed by atoms with E-state index in [-0.39, 0.29) is 6.03 Å². The number of nitrogens with one attached hydrogen (secondary N) is 1. The molecular formula is C19H23N5O. The fraction of sp³-hybridized carbons (Fsp3) is 0.421. The van der Waals surface area contributed by atoms with Crippen LogP contribution < -0.4 is 10.2 Å². The Morgan fingerprint density at radius 1 is 1.20 bits per heavy atom. The van der Waals surface area contributed by atoms with Crippen molar-refractivity contribution in [2.75, 3.05) is 37.6 Å². The second-order valence-electron chi connectivity index (χ2n) is 6.72. The third kappa shape index (κ3) is 3.29. The maximum atomic E-state index is 12.4. The first-order chi connectivity index (χ1) is 12.2. The first kappa shape index (κ1) is 15.9. The lowest BCUT2D eigenvalue weighted by molar-refractivity contribution is 0.193. The summed E-state index contributed by atoms with van der Waals surface area (Å²) in [5, 5.41) is 3.10. The molecule has 0 radical (unpaired) electrons. The van der Waals surface area contributed by atoms with E-state index in [2.05, 4.69) is 44.5 Å². The van der Waals surface area contributed by atoms with E-state index in [4.69, 9.17) is 0 Å². The Bertz CT molecular complexity index is 770. The van der Waals surface area contributed by atoms with Gasteiger partial charge >= 0.3 is 6.03 Å². The molecule has 0 bridgehead atoms. The summed E-state index contributed by atoms with van der Waals surface area (Å²) in [4.78, 5) is 25.1. The van der Waals surface area contributed by atoms with Crippen LogP contribution in [-0.2, 0) is 6.42 Å². The second-order valence-corrected chi connectivity index (χ2v) is 6.72. The van der Waals surface area contributed by atoms with Crippen LogP contribution in [0.4, 0.5) is 10.6 Å². The molecule has 6 heteroatoms. The maximum Gasteiger partial charge on any atom is 0.317 e. The second kappa shape index (κ2) is 6.70. The van der Waals surface area contributed by atoms with E-state index in [1.165, 1.54) is 11.1 Å². The molecule has 2 heterocycles. The minimum absolute atomic E-state index is 0.0444. The van der Waals surface area contributed by atoms with Gasteiger partial charge in [-0.15, -0.1) is 0 Å². The number of nitrogens with zero attached hydrogens (tertiary/aromatic N) is 4. The van der Waals surface area contributed by atoms with Gasteiger partial charge in [-0.05, 0) is 30.5 Å². The number of aromatic nitrogens is 2. The minimum atomic E-state index is 0.0444. The zero-order valence-electron chi connectivity index (χ0n) is 14.5. The van der Waals surface area contributed by atoms with Crippen molar-refractivity contribution in [2.24, 2.45) is 0 Å². The number of piperazine rings is 1. The summed E-state index contributed by atoms with van der Waals surface area (Å²) in [7, 11) is 0. The van der Waals surface area contributed by atoms with E-state index in [0.29, 0.717) is 5.92 Å². The molecule has 1 atom stereocenters. The molecule has 25 heavy (non-hydrogen) atoms. The highest BCUT2D eigenvalue weighted by Crippen LogP contribution is 2.34. The molecule has 1 N–H and O–H groups in total. The summed E-state index contributed by atoms with van der Waals surface area (Å²) in [6.07, 6.45) is 2.85. The summed E-state index contributed by atoms with van der Waals surface area (Å²) in [5.41, 5.74) is 2.79. The molecule has 2 amide bonds. The predicted octanol–water partition coefficient (Wildman–Crippen LogP) is 1.96. The summed E-state index contributed by atoms with van der Waals surface area (Å²) >= 11 is 0. The smallest absolute Gasteiger partial charge is 0.317 e. The lowest BCUT2D eigenvalue weighted by Gasteiger charge is -2.36. The maximum absolute atomic E-state index is 12.4. The number of rotatable bonds is 3. The van der Waals surface area contributed by atoms with Crippen molar-refractivity contribution in [2.45, 2.75) is 19.3 Å². The molecule has 1 unspecified atom stereocenters. The number of fused-ring (bicyclic) bond motifs is 1. The molecule has 1 saturated heterocycles. The van der Waals surface area contributed by atoms with Gasteiger partial charge in [0.2, 0.25) is 0 Å². The predicted molar refractivity (Wildman–Crippen MR) is 96.8 cm³/mol. The van der Waals surface area contributed by atoms with E-state index in [1.807, 2.05) is 17.9 Å². The zero-order chi connectivity index (χ0) is 17.2. The molecule has 2 aromatic rings. The van der Waals surface area contributed by atoms with Gasteiger partial charge in [0.15, 0.2) is 0 Å². The Labute approximate surface area is 147 Å². The topological polar surface area (TPSA) is 61.4 Å². The number of amides is 2. The van der Waals surface area contributed by atoms with Gasteiger partial charge in [0.05, 0.1) is 0 Å². The highest BCUT2D eigenvalue weighted by atomic mass is 16.2. The molecule has 4 rings (SSSR count). The van der Waals surface area contributed by atoms with Crippen LogP contribution in [0.5, 0.6) is 0 Å². The summed E-state index contributed by atoms with van der Waals surface area (Å²) < 4.78 is 0. The van der Waals surface area contributed by atoms with Crippen molar-refractivity contribution in [1.29, 1.82) is 0 Å². The first-order valence-corrected chi connectivity index (χ1v) is 8.86. The van der Waals surface area contributed by atoms with E-state index >= 15 is 0 Å². The zero-order valence-corrected chi connectivity index (χ0v) is 14.5. The van der Waals surface area contributed by atoms with E-state index in [9.17, 15) is 4.79 Å². The quantitative estimate of drug-likeness (QED) is 0.930. The van der Waals surface area contributed by atoms with Gasteiger partial charge in [0.1, 0.15) is 11.6 Å². The van der Waals surface area contributed by atoms with Crippen molar-refractivity contribution in [3.8, 4) is 0 Å². The molecule has 1 aliphatic heterocycles. The third-order valence-electron chi connectivity index (χ3n) is 5.11. The van der Waals surface area contributed by atoms with Gasteiger partial charge in [-0.3, -0.25) is 0 Å². The molecule has 1 fully saturated rings. The molecule has 0 saturated carbocycles.